The number of aryl methyl sites for hydroxylation is 2. The van der Waals surface area contributed by atoms with Crippen LogP contribution in [0.4, 0.5) is 5.13 Å². The summed E-state index contributed by atoms with van der Waals surface area (Å²) in [5.74, 6) is -0.361. The molecule has 1 atom stereocenters. The zero-order valence-corrected chi connectivity index (χ0v) is 16.7. The number of carbonyl (C=O) groups is 1. The van der Waals surface area contributed by atoms with Gasteiger partial charge in [0.15, 0.2) is 5.13 Å². The Kier molecular flexibility index (Phi) is 4.57. The van der Waals surface area contributed by atoms with Gasteiger partial charge in [0.05, 0.1) is 30.5 Å². The van der Waals surface area contributed by atoms with Crippen molar-refractivity contribution >= 4 is 22.4 Å². The van der Waals surface area contributed by atoms with Gasteiger partial charge in [0.1, 0.15) is 0 Å². The van der Waals surface area contributed by atoms with Crippen LogP contribution in [0.5, 0.6) is 0 Å². The third-order valence-electron chi connectivity index (χ3n) is 5.14. The smallest absolute Gasteiger partial charge is 0.233 e. The average Bonchev–Trinajstić information content (AvgIpc) is 3.34. The van der Waals surface area contributed by atoms with E-state index in [1.807, 2.05) is 37.9 Å². The molecule has 1 amide bonds. The highest BCUT2D eigenvalue weighted by atomic mass is 32.1. The molecule has 0 bridgehead atoms. The largest absolute Gasteiger partial charge is 0.372 e. The molecule has 0 aliphatic carbocycles. The summed E-state index contributed by atoms with van der Waals surface area (Å²) in [5.41, 5.74) is 7.23. The van der Waals surface area contributed by atoms with Crippen LogP contribution in [0.3, 0.4) is 0 Å². The van der Waals surface area contributed by atoms with Crippen LogP contribution in [-0.4, -0.2) is 20.7 Å². The number of carbonyl (C=O) groups excluding carboxylic acids is 1. The fourth-order valence-electron chi connectivity index (χ4n) is 3.56. The van der Waals surface area contributed by atoms with Crippen molar-refractivity contribution < 1.29 is 9.53 Å². The molecule has 7 heteroatoms. The summed E-state index contributed by atoms with van der Waals surface area (Å²) in [6.07, 6.45) is 0. The first-order valence-corrected chi connectivity index (χ1v) is 9.78. The molecule has 2 aromatic heterocycles. The summed E-state index contributed by atoms with van der Waals surface area (Å²) < 4.78 is 7.28. The molecule has 1 aliphatic heterocycles. The van der Waals surface area contributed by atoms with Crippen LogP contribution in [0.2, 0.25) is 0 Å². The average molecular weight is 382 g/mol. The number of hydrogen-bond donors (Lipinski definition) is 1. The maximum absolute atomic E-state index is 12.7. The van der Waals surface area contributed by atoms with Crippen molar-refractivity contribution in [1.82, 2.24) is 14.8 Å². The van der Waals surface area contributed by atoms with E-state index in [-0.39, 0.29) is 11.8 Å². The van der Waals surface area contributed by atoms with E-state index in [2.05, 4.69) is 33.6 Å². The number of fused-ring (bicyclic) bond motifs is 1. The second-order valence-electron chi connectivity index (χ2n) is 6.93. The minimum Gasteiger partial charge on any atom is -0.372 e. The van der Waals surface area contributed by atoms with Gasteiger partial charge in [-0.3, -0.25) is 9.48 Å². The van der Waals surface area contributed by atoms with Gasteiger partial charge in [0.25, 0.3) is 0 Å². The van der Waals surface area contributed by atoms with Crippen molar-refractivity contribution in [1.29, 1.82) is 0 Å². The van der Waals surface area contributed by atoms with Crippen LogP contribution >= 0.6 is 11.3 Å². The molecule has 1 N–H and O–H groups in total. The number of anilines is 1. The number of ether oxygens (including phenoxy) is 1. The summed E-state index contributed by atoms with van der Waals surface area (Å²) in [4.78, 5) is 17.3. The van der Waals surface area contributed by atoms with Gasteiger partial charge < -0.3 is 10.1 Å². The van der Waals surface area contributed by atoms with Gasteiger partial charge in [-0.2, -0.15) is 5.10 Å². The predicted molar refractivity (Wildman–Crippen MR) is 106 cm³/mol. The SMILES string of the molecule is Cc1nn(C)c(C)c1[C@H](C)C(=O)Nc1nc(-c2ccc3c(c2)COC3)cs1. The summed E-state index contributed by atoms with van der Waals surface area (Å²) in [7, 11) is 1.89. The third-order valence-corrected chi connectivity index (χ3v) is 5.90. The van der Waals surface area contributed by atoms with Crippen molar-refractivity contribution in [2.45, 2.75) is 39.9 Å². The first-order chi connectivity index (χ1) is 12.9. The highest BCUT2D eigenvalue weighted by Gasteiger charge is 2.23. The summed E-state index contributed by atoms with van der Waals surface area (Å²) in [6, 6.07) is 6.26. The molecule has 0 saturated heterocycles. The number of nitrogens with zero attached hydrogens (tertiary/aromatic N) is 3. The number of aromatic nitrogens is 3. The summed E-state index contributed by atoms with van der Waals surface area (Å²) in [5, 5.41) is 9.94. The molecule has 27 heavy (non-hydrogen) atoms. The highest BCUT2D eigenvalue weighted by Crippen LogP contribution is 2.30. The Morgan fingerprint density at radius 1 is 1.30 bits per heavy atom. The standard InChI is InChI=1S/C20H22N4O2S/c1-11(18-12(2)23-24(4)13(18)3)19(25)22-20-21-17(10-27-20)14-5-6-15-8-26-9-16(15)7-14/h5-7,10-11H,8-9H2,1-4H3,(H,21,22,25)/t11-/m0/s1. The lowest BCUT2D eigenvalue weighted by Crippen LogP contribution is -2.19. The summed E-state index contributed by atoms with van der Waals surface area (Å²) >= 11 is 1.44. The van der Waals surface area contributed by atoms with Crippen LogP contribution in [0.15, 0.2) is 23.6 Å². The first-order valence-electron chi connectivity index (χ1n) is 8.90. The van der Waals surface area contributed by atoms with Crippen molar-refractivity contribution in [3.05, 3.63) is 51.7 Å². The van der Waals surface area contributed by atoms with E-state index in [0.29, 0.717) is 18.3 Å². The summed E-state index contributed by atoms with van der Waals surface area (Å²) in [6.45, 7) is 7.15. The zero-order chi connectivity index (χ0) is 19.1. The molecule has 0 unspecified atom stereocenters. The number of thiazole rings is 1. The van der Waals surface area contributed by atoms with Crippen LogP contribution in [0.1, 0.15) is 40.9 Å². The lowest BCUT2D eigenvalue weighted by Gasteiger charge is -2.11. The van der Waals surface area contributed by atoms with Crippen molar-refractivity contribution in [2.24, 2.45) is 7.05 Å². The lowest BCUT2D eigenvalue weighted by atomic mass is 9.98. The van der Waals surface area contributed by atoms with Crippen LogP contribution in [0.25, 0.3) is 11.3 Å². The van der Waals surface area contributed by atoms with Crippen LogP contribution < -0.4 is 5.32 Å². The zero-order valence-electron chi connectivity index (χ0n) is 15.9. The molecule has 1 aromatic carbocycles. The number of rotatable bonds is 4. The Morgan fingerprint density at radius 3 is 2.81 bits per heavy atom. The monoisotopic (exact) mass is 382 g/mol. The van der Waals surface area contributed by atoms with Crippen molar-refractivity contribution in [2.75, 3.05) is 5.32 Å². The molecular formula is C20H22N4O2S. The number of hydrogen-bond acceptors (Lipinski definition) is 5. The minimum absolute atomic E-state index is 0.0718. The molecule has 0 radical (unpaired) electrons. The maximum Gasteiger partial charge on any atom is 0.233 e. The van der Waals surface area contributed by atoms with E-state index >= 15 is 0 Å². The molecule has 0 fully saturated rings. The fraction of sp³-hybridized carbons (Fsp3) is 0.350. The number of nitrogens with one attached hydrogen (secondary N) is 1. The van der Waals surface area contributed by atoms with Crippen LogP contribution in [0, 0.1) is 13.8 Å². The second-order valence-corrected chi connectivity index (χ2v) is 7.79. The molecule has 140 valence electrons. The molecular weight excluding hydrogens is 360 g/mol. The number of benzene rings is 1. The van der Waals surface area contributed by atoms with Gasteiger partial charge in [-0.15, -0.1) is 11.3 Å². The minimum atomic E-state index is -0.289. The number of amides is 1. The normalized spacial score (nSPS) is 14.2. The topological polar surface area (TPSA) is 69.0 Å². The second kappa shape index (κ2) is 6.90. The fourth-order valence-corrected chi connectivity index (χ4v) is 4.28. The quantitative estimate of drug-likeness (QED) is 0.742. The molecule has 3 heterocycles. The van der Waals surface area contributed by atoms with E-state index in [1.165, 1.54) is 22.5 Å². The van der Waals surface area contributed by atoms with E-state index in [9.17, 15) is 4.79 Å². The van der Waals surface area contributed by atoms with E-state index in [4.69, 9.17) is 4.74 Å². The predicted octanol–water partition coefficient (Wildman–Crippen LogP) is 3.93. The van der Waals surface area contributed by atoms with Gasteiger partial charge >= 0.3 is 0 Å². The maximum atomic E-state index is 12.7. The third kappa shape index (κ3) is 3.28. The van der Waals surface area contributed by atoms with Crippen LogP contribution in [-0.2, 0) is 29.8 Å². The lowest BCUT2D eigenvalue weighted by molar-refractivity contribution is -0.117. The van der Waals surface area contributed by atoms with E-state index in [0.717, 1.165) is 28.2 Å². The van der Waals surface area contributed by atoms with Gasteiger partial charge in [0.2, 0.25) is 5.91 Å². The Labute approximate surface area is 162 Å². The van der Waals surface area contributed by atoms with Gasteiger partial charge in [0, 0.05) is 29.2 Å². The van der Waals surface area contributed by atoms with Crippen molar-refractivity contribution in [3.63, 3.8) is 0 Å². The Balaban J connectivity index is 1.51. The van der Waals surface area contributed by atoms with Gasteiger partial charge in [-0.25, -0.2) is 4.98 Å². The Bertz CT molecular complexity index is 1020. The molecule has 6 nitrogen and oxygen atoms in total. The molecule has 1 aliphatic rings. The molecule has 0 saturated carbocycles. The molecule has 3 aromatic rings. The van der Waals surface area contributed by atoms with Crippen molar-refractivity contribution in [3.8, 4) is 11.3 Å². The Hall–Kier alpha value is -2.51. The highest BCUT2D eigenvalue weighted by molar-refractivity contribution is 7.14. The van der Waals surface area contributed by atoms with Gasteiger partial charge in [-0.1, -0.05) is 12.1 Å². The Morgan fingerprint density at radius 2 is 2.07 bits per heavy atom. The first kappa shape index (κ1) is 17.9. The van der Waals surface area contributed by atoms with E-state index in [1.54, 1.807) is 0 Å². The molecule has 4 rings (SSSR count). The van der Waals surface area contributed by atoms with Gasteiger partial charge in [-0.05, 0) is 38.0 Å². The van der Waals surface area contributed by atoms with E-state index < -0.39 is 0 Å². The molecule has 0 spiro atoms.